The van der Waals surface area contributed by atoms with Crippen molar-refractivity contribution in [3.63, 3.8) is 0 Å². The van der Waals surface area contributed by atoms with Crippen molar-refractivity contribution in [2.45, 2.75) is 123 Å². The van der Waals surface area contributed by atoms with E-state index in [4.69, 9.17) is 4.74 Å². The minimum Gasteiger partial charge on any atom is -0.490 e. The quantitative estimate of drug-likeness (QED) is 0.244. The van der Waals surface area contributed by atoms with Gasteiger partial charge in [0.25, 0.3) is 0 Å². The lowest BCUT2D eigenvalue weighted by Crippen LogP contribution is -2.23. The van der Waals surface area contributed by atoms with Crippen molar-refractivity contribution in [1.29, 1.82) is 0 Å². The minimum absolute atomic E-state index is 0.0554. The van der Waals surface area contributed by atoms with E-state index in [0.717, 1.165) is 49.5 Å². The molecule has 0 aliphatic heterocycles. The van der Waals surface area contributed by atoms with Gasteiger partial charge in [0.05, 0.1) is 6.61 Å². The molecular weight excluding hydrogens is 426 g/mol. The maximum Gasteiger partial charge on any atom is 0.201 e. The molecule has 1 unspecified atom stereocenters. The van der Waals surface area contributed by atoms with Gasteiger partial charge in [-0.3, -0.25) is 0 Å². The molecule has 0 heterocycles. The highest BCUT2D eigenvalue weighted by atomic mass is 19.2. The van der Waals surface area contributed by atoms with Gasteiger partial charge in [0.1, 0.15) is 0 Å². The first kappa shape index (κ1) is 27.2. The van der Waals surface area contributed by atoms with Gasteiger partial charge in [0.2, 0.25) is 5.82 Å². The third kappa shape index (κ3) is 8.09. The molecule has 2 aliphatic carbocycles. The fourth-order valence-corrected chi connectivity index (χ4v) is 6.11. The van der Waals surface area contributed by atoms with Gasteiger partial charge in [-0.1, -0.05) is 90.6 Å². The summed E-state index contributed by atoms with van der Waals surface area (Å²) in [7, 11) is 0. The number of allylic oxidation sites excluding steroid dienone is 2. The fraction of sp³-hybridized carbons (Fsp3) is 0.742. The van der Waals surface area contributed by atoms with Gasteiger partial charge in [0, 0.05) is 5.56 Å². The van der Waals surface area contributed by atoms with Crippen LogP contribution in [0.5, 0.6) is 5.75 Å². The largest absolute Gasteiger partial charge is 0.490 e. The molecule has 3 rings (SSSR count). The zero-order valence-electron chi connectivity index (χ0n) is 21.9. The lowest BCUT2D eigenvalue weighted by atomic mass is 9.70. The Kier molecular flexibility index (Phi) is 11.9. The Hall–Kier alpha value is -1.38. The van der Waals surface area contributed by atoms with Gasteiger partial charge < -0.3 is 4.74 Å². The number of hydrogen-bond acceptors (Lipinski definition) is 1. The summed E-state index contributed by atoms with van der Waals surface area (Å²) >= 11 is 0. The van der Waals surface area contributed by atoms with Crippen LogP contribution in [0.25, 0.3) is 5.57 Å². The molecule has 0 N–H and O–H groups in total. The predicted octanol–water partition coefficient (Wildman–Crippen LogP) is 10.3. The first-order chi connectivity index (χ1) is 16.6. The average molecular weight is 475 g/mol. The molecule has 1 atom stereocenters. The molecule has 0 radical (unpaired) electrons. The monoisotopic (exact) mass is 474 g/mol. The van der Waals surface area contributed by atoms with Gasteiger partial charge in [-0.2, -0.15) is 4.39 Å². The fourth-order valence-electron chi connectivity index (χ4n) is 6.11. The predicted molar refractivity (Wildman–Crippen MR) is 140 cm³/mol. The van der Waals surface area contributed by atoms with Crippen LogP contribution in [-0.2, 0) is 0 Å². The number of ether oxygens (including phenoxy) is 1. The van der Waals surface area contributed by atoms with E-state index in [1.54, 1.807) is 12.1 Å². The Balaban J connectivity index is 1.45. The van der Waals surface area contributed by atoms with E-state index in [1.165, 1.54) is 77.0 Å². The van der Waals surface area contributed by atoms with Crippen molar-refractivity contribution in [3.8, 4) is 5.75 Å². The summed E-state index contributed by atoms with van der Waals surface area (Å²) in [5.74, 6) is 0.967. The molecule has 2 aliphatic rings. The standard InChI is InChI=1S/C31H48F2O/c1-3-5-7-8-9-11-23-34-29-22-21-28(30(32)31(29)33)27-19-17-26(18-20-27)25-15-13-24(14-16-25)12-10-6-4-2/h19,21-22,24-26H,3-18,20,23H2,1-2H3/t24-,25-,26?. The summed E-state index contributed by atoms with van der Waals surface area (Å²) in [6.07, 6.45) is 23.0. The van der Waals surface area contributed by atoms with Crippen LogP contribution in [0.4, 0.5) is 8.78 Å². The lowest BCUT2D eigenvalue weighted by molar-refractivity contribution is 0.187. The van der Waals surface area contributed by atoms with E-state index in [0.29, 0.717) is 18.1 Å². The van der Waals surface area contributed by atoms with Crippen molar-refractivity contribution in [2.75, 3.05) is 6.61 Å². The SMILES string of the molecule is CCCCCCCCOc1ccc(C2=CCC([C@H]3CC[C@H](CCCCC)CC3)CC2)c(F)c1F. The van der Waals surface area contributed by atoms with Crippen LogP contribution in [-0.4, -0.2) is 6.61 Å². The molecule has 0 spiro atoms. The number of hydrogen-bond donors (Lipinski definition) is 0. The first-order valence-electron chi connectivity index (χ1n) is 14.4. The summed E-state index contributed by atoms with van der Waals surface area (Å²) in [6, 6.07) is 3.35. The molecule has 0 amide bonds. The van der Waals surface area contributed by atoms with E-state index in [9.17, 15) is 8.78 Å². The van der Waals surface area contributed by atoms with Gasteiger partial charge in [-0.15, -0.1) is 0 Å². The summed E-state index contributed by atoms with van der Waals surface area (Å²) in [5.41, 5.74) is 1.41. The Morgan fingerprint density at radius 1 is 0.765 bits per heavy atom. The van der Waals surface area contributed by atoms with Crippen molar-refractivity contribution >= 4 is 5.57 Å². The summed E-state index contributed by atoms with van der Waals surface area (Å²) in [4.78, 5) is 0. The number of benzene rings is 1. The van der Waals surface area contributed by atoms with Crippen molar-refractivity contribution in [1.82, 2.24) is 0 Å². The van der Waals surface area contributed by atoms with Gasteiger partial charge in [0.15, 0.2) is 11.6 Å². The Morgan fingerprint density at radius 3 is 2.18 bits per heavy atom. The van der Waals surface area contributed by atoms with Gasteiger partial charge in [-0.25, -0.2) is 4.39 Å². The van der Waals surface area contributed by atoms with E-state index in [-0.39, 0.29) is 5.75 Å². The highest BCUT2D eigenvalue weighted by Crippen LogP contribution is 2.43. The topological polar surface area (TPSA) is 9.23 Å². The molecular formula is C31H48F2O. The van der Waals surface area contributed by atoms with Crippen molar-refractivity contribution in [3.05, 3.63) is 35.4 Å². The second-order valence-corrected chi connectivity index (χ2v) is 10.9. The highest BCUT2D eigenvalue weighted by Gasteiger charge is 2.29. The molecule has 1 saturated carbocycles. The maximum atomic E-state index is 14.9. The Morgan fingerprint density at radius 2 is 1.47 bits per heavy atom. The summed E-state index contributed by atoms with van der Waals surface area (Å²) < 4.78 is 35.1. The Labute approximate surface area is 207 Å². The number of rotatable bonds is 14. The average Bonchev–Trinajstić information content (AvgIpc) is 2.87. The van der Waals surface area contributed by atoms with Gasteiger partial charge in [-0.05, 0) is 74.0 Å². The molecule has 0 bridgehead atoms. The molecule has 1 fully saturated rings. The van der Waals surface area contributed by atoms with Crippen molar-refractivity contribution in [2.24, 2.45) is 17.8 Å². The van der Waals surface area contributed by atoms with Crippen LogP contribution in [0.3, 0.4) is 0 Å². The molecule has 34 heavy (non-hydrogen) atoms. The molecule has 1 aromatic rings. The van der Waals surface area contributed by atoms with Crippen LogP contribution < -0.4 is 4.74 Å². The van der Waals surface area contributed by atoms with E-state index >= 15 is 0 Å². The molecule has 192 valence electrons. The zero-order valence-corrected chi connectivity index (χ0v) is 21.9. The second kappa shape index (κ2) is 14.9. The zero-order chi connectivity index (χ0) is 24.2. The van der Waals surface area contributed by atoms with Crippen LogP contribution >= 0.6 is 0 Å². The minimum atomic E-state index is -0.826. The van der Waals surface area contributed by atoms with Crippen LogP contribution in [0.1, 0.15) is 129 Å². The third-order valence-corrected chi connectivity index (χ3v) is 8.37. The second-order valence-electron chi connectivity index (χ2n) is 10.9. The van der Waals surface area contributed by atoms with Crippen LogP contribution in [0, 0.1) is 29.4 Å². The smallest absolute Gasteiger partial charge is 0.201 e. The first-order valence-corrected chi connectivity index (χ1v) is 14.4. The third-order valence-electron chi connectivity index (χ3n) is 8.37. The van der Waals surface area contributed by atoms with Crippen molar-refractivity contribution < 1.29 is 13.5 Å². The van der Waals surface area contributed by atoms with E-state index < -0.39 is 11.6 Å². The summed E-state index contributed by atoms with van der Waals surface area (Å²) in [5, 5.41) is 0. The van der Waals surface area contributed by atoms with E-state index in [2.05, 4.69) is 19.9 Å². The molecule has 3 heteroatoms. The van der Waals surface area contributed by atoms with Crippen LogP contribution in [0.15, 0.2) is 18.2 Å². The molecule has 1 aromatic carbocycles. The normalized spacial score (nSPS) is 23.1. The Bertz CT molecular complexity index is 748. The number of unbranched alkanes of at least 4 members (excludes halogenated alkanes) is 7. The molecule has 0 saturated heterocycles. The lowest BCUT2D eigenvalue weighted by Gasteiger charge is -2.35. The van der Waals surface area contributed by atoms with Crippen LogP contribution in [0.2, 0.25) is 0 Å². The highest BCUT2D eigenvalue weighted by molar-refractivity contribution is 5.67. The van der Waals surface area contributed by atoms with Gasteiger partial charge >= 0.3 is 0 Å². The maximum absolute atomic E-state index is 14.9. The van der Waals surface area contributed by atoms with E-state index in [1.807, 2.05) is 0 Å². The molecule has 0 aromatic heterocycles. The molecule has 1 nitrogen and oxygen atoms in total. The summed E-state index contributed by atoms with van der Waals surface area (Å²) in [6.45, 7) is 4.93. The number of halogens is 2.